The topological polar surface area (TPSA) is 92.1 Å². The standard InChI is InChI=1S/C26H28N8O/c1-32-9-6-26(7-10-32)15-34(16-26)24-13-19(5-8-28-24)25(35)29-23-12-20-11-18(3-4-21(20)30-31-23)22-14-27-17-33(22)2/h3-5,8,11-14,17H,6-7,9-10,15-16H2,1-2H3,(H,29,31,35). The number of likely N-dealkylation sites (tertiary alicyclic amines) is 1. The van der Waals surface area contributed by atoms with E-state index in [-0.39, 0.29) is 5.91 Å². The van der Waals surface area contributed by atoms with E-state index < -0.39 is 0 Å². The predicted octanol–water partition coefficient (Wildman–Crippen LogP) is 3.21. The molecule has 9 heteroatoms. The van der Waals surface area contributed by atoms with Gasteiger partial charge < -0.3 is 19.7 Å². The molecule has 5 heterocycles. The SMILES string of the molecule is CN1CCC2(CC1)CN(c1cc(C(=O)Nc3cc4cc(-c5cncn5C)ccc4nn3)ccn1)C2. The van der Waals surface area contributed by atoms with Crippen molar-refractivity contribution in [2.24, 2.45) is 12.5 Å². The molecule has 0 bridgehead atoms. The maximum absolute atomic E-state index is 13.0. The molecule has 1 spiro atoms. The van der Waals surface area contributed by atoms with E-state index >= 15 is 0 Å². The highest BCUT2D eigenvalue weighted by molar-refractivity contribution is 6.04. The molecule has 1 N–H and O–H groups in total. The Hall–Kier alpha value is -3.85. The fraction of sp³-hybridized carbons (Fsp3) is 0.346. The summed E-state index contributed by atoms with van der Waals surface area (Å²) in [7, 11) is 4.15. The number of benzene rings is 1. The van der Waals surface area contributed by atoms with Gasteiger partial charge in [0, 0.05) is 48.3 Å². The predicted molar refractivity (Wildman–Crippen MR) is 135 cm³/mol. The van der Waals surface area contributed by atoms with E-state index in [4.69, 9.17) is 0 Å². The molecule has 2 aliphatic heterocycles. The van der Waals surface area contributed by atoms with Crippen LogP contribution in [0.4, 0.5) is 11.6 Å². The van der Waals surface area contributed by atoms with Crippen molar-refractivity contribution in [3.63, 3.8) is 0 Å². The molecule has 0 radical (unpaired) electrons. The Morgan fingerprint density at radius 3 is 2.63 bits per heavy atom. The zero-order valence-electron chi connectivity index (χ0n) is 20.0. The van der Waals surface area contributed by atoms with Gasteiger partial charge in [0.2, 0.25) is 0 Å². The number of aromatic nitrogens is 5. The van der Waals surface area contributed by atoms with Crippen LogP contribution in [0.5, 0.6) is 0 Å². The molecule has 0 aliphatic carbocycles. The maximum Gasteiger partial charge on any atom is 0.257 e. The molecular weight excluding hydrogens is 440 g/mol. The number of carbonyl (C=O) groups excluding carboxylic acids is 1. The van der Waals surface area contributed by atoms with E-state index in [9.17, 15) is 4.79 Å². The highest BCUT2D eigenvalue weighted by atomic mass is 16.1. The lowest BCUT2D eigenvalue weighted by Crippen LogP contribution is -2.60. The molecular formula is C26H28N8O. The zero-order valence-corrected chi connectivity index (χ0v) is 20.0. The zero-order chi connectivity index (χ0) is 24.0. The number of fused-ring (bicyclic) bond motifs is 1. The maximum atomic E-state index is 13.0. The molecule has 2 fully saturated rings. The molecule has 0 atom stereocenters. The highest BCUT2D eigenvalue weighted by Gasteiger charge is 2.44. The Labute approximate surface area is 203 Å². The largest absolute Gasteiger partial charge is 0.355 e. The molecule has 0 saturated carbocycles. The van der Waals surface area contributed by atoms with Gasteiger partial charge in [-0.1, -0.05) is 6.07 Å². The van der Waals surface area contributed by atoms with Gasteiger partial charge in [0.05, 0.1) is 23.7 Å². The number of anilines is 2. The number of carbonyl (C=O) groups is 1. The summed E-state index contributed by atoms with van der Waals surface area (Å²) in [4.78, 5) is 26.4. The molecule has 1 aromatic carbocycles. The van der Waals surface area contributed by atoms with Gasteiger partial charge in [-0.3, -0.25) is 4.79 Å². The summed E-state index contributed by atoms with van der Waals surface area (Å²) in [5.41, 5.74) is 3.76. The Morgan fingerprint density at radius 1 is 1.03 bits per heavy atom. The molecule has 4 aromatic rings. The van der Waals surface area contributed by atoms with E-state index in [0.29, 0.717) is 16.8 Å². The summed E-state index contributed by atoms with van der Waals surface area (Å²) in [6.45, 7) is 4.32. The molecule has 178 valence electrons. The Balaban J connectivity index is 1.17. The number of piperidine rings is 1. The van der Waals surface area contributed by atoms with Crippen molar-refractivity contribution < 1.29 is 4.79 Å². The van der Waals surface area contributed by atoms with Crippen LogP contribution >= 0.6 is 0 Å². The second-order valence-electron chi connectivity index (χ2n) is 9.91. The Morgan fingerprint density at radius 2 is 1.86 bits per heavy atom. The van der Waals surface area contributed by atoms with Gasteiger partial charge in [-0.25, -0.2) is 9.97 Å². The number of hydrogen-bond acceptors (Lipinski definition) is 7. The number of imidazole rings is 1. The smallest absolute Gasteiger partial charge is 0.257 e. The minimum Gasteiger partial charge on any atom is -0.355 e. The van der Waals surface area contributed by atoms with Crippen molar-refractivity contribution in [2.75, 3.05) is 43.4 Å². The first-order valence-corrected chi connectivity index (χ1v) is 11.9. The first kappa shape index (κ1) is 21.7. The average molecular weight is 469 g/mol. The van der Waals surface area contributed by atoms with Gasteiger partial charge in [0.15, 0.2) is 5.82 Å². The van der Waals surface area contributed by atoms with Crippen LogP contribution < -0.4 is 10.2 Å². The summed E-state index contributed by atoms with van der Waals surface area (Å²) in [6.07, 6.45) is 7.75. The third kappa shape index (κ3) is 4.12. The van der Waals surface area contributed by atoms with Crippen molar-refractivity contribution in [1.82, 2.24) is 29.6 Å². The van der Waals surface area contributed by atoms with Crippen LogP contribution in [-0.4, -0.2) is 68.8 Å². The highest BCUT2D eigenvalue weighted by Crippen LogP contribution is 2.41. The lowest BCUT2D eigenvalue weighted by molar-refractivity contribution is 0.0900. The molecule has 2 aliphatic rings. The summed E-state index contributed by atoms with van der Waals surface area (Å²) in [5.74, 6) is 1.05. The quantitative estimate of drug-likeness (QED) is 0.492. The molecule has 2 saturated heterocycles. The van der Waals surface area contributed by atoms with E-state index in [2.05, 4.69) is 42.3 Å². The van der Waals surface area contributed by atoms with Gasteiger partial charge in [0.25, 0.3) is 5.91 Å². The first-order valence-electron chi connectivity index (χ1n) is 11.9. The monoisotopic (exact) mass is 468 g/mol. The van der Waals surface area contributed by atoms with Gasteiger partial charge in [-0.2, -0.15) is 0 Å². The van der Waals surface area contributed by atoms with Gasteiger partial charge >= 0.3 is 0 Å². The van der Waals surface area contributed by atoms with E-state index in [0.717, 1.165) is 54.2 Å². The van der Waals surface area contributed by atoms with Crippen molar-refractivity contribution in [1.29, 1.82) is 0 Å². The molecule has 0 unspecified atom stereocenters. The van der Waals surface area contributed by atoms with E-state index in [1.165, 1.54) is 12.8 Å². The fourth-order valence-electron chi connectivity index (χ4n) is 5.16. The third-order valence-electron chi connectivity index (χ3n) is 7.37. The third-order valence-corrected chi connectivity index (χ3v) is 7.37. The number of aryl methyl sites for hydroxylation is 1. The van der Waals surface area contributed by atoms with Crippen molar-refractivity contribution in [2.45, 2.75) is 12.8 Å². The Kier molecular flexibility index (Phi) is 5.21. The van der Waals surface area contributed by atoms with Crippen LogP contribution in [-0.2, 0) is 7.05 Å². The van der Waals surface area contributed by atoms with E-state index in [1.807, 2.05) is 48.1 Å². The lowest BCUT2D eigenvalue weighted by Gasteiger charge is -2.54. The van der Waals surface area contributed by atoms with Gasteiger partial charge in [0.1, 0.15) is 5.82 Å². The van der Waals surface area contributed by atoms with Gasteiger partial charge in [-0.15, -0.1) is 10.2 Å². The minimum absolute atomic E-state index is 0.223. The number of hydrogen-bond donors (Lipinski definition) is 1. The summed E-state index contributed by atoms with van der Waals surface area (Å²) < 4.78 is 1.96. The number of amides is 1. The molecule has 9 nitrogen and oxygen atoms in total. The number of nitrogens with one attached hydrogen (secondary N) is 1. The van der Waals surface area contributed by atoms with Crippen LogP contribution in [0.3, 0.4) is 0 Å². The second-order valence-corrected chi connectivity index (χ2v) is 9.91. The fourth-order valence-corrected chi connectivity index (χ4v) is 5.16. The normalized spacial score (nSPS) is 17.5. The second kappa shape index (κ2) is 8.42. The molecule has 3 aromatic heterocycles. The molecule has 6 rings (SSSR count). The van der Waals surface area contributed by atoms with E-state index in [1.54, 1.807) is 18.6 Å². The minimum atomic E-state index is -0.223. The first-order chi connectivity index (χ1) is 17.0. The summed E-state index contributed by atoms with van der Waals surface area (Å²) >= 11 is 0. The van der Waals surface area contributed by atoms with Crippen LogP contribution in [0, 0.1) is 5.41 Å². The molecule has 1 amide bonds. The molecule has 35 heavy (non-hydrogen) atoms. The Bertz CT molecular complexity index is 1400. The van der Waals surface area contributed by atoms with Crippen molar-refractivity contribution in [3.8, 4) is 11.3 Å². The number of nitrogens with zero attached hydrogens (tertiary/aromatic N) is 7. The van der Waals surface area contributed by atoms with Crippen molar-refractivity contribution >= 4 is 28.4 Å². The van der Waals surface area contributed by atoms with Crippen LogP contribution in [0.15, 0.2) is 55.1 Å². The summed E-state index contributed by atoms with van der Waals surface area (Å²) in [6, 6.07) is 11.4. The van der Waals surface area contributed by atoms with Crippen LogP contribution in [0.25, 0.3) is 22.2 Å². The lowest BCUT2D eigenvalue weighted by atomic mass is 9.72. The van der Waals surface area contributed by atoms with Crippen LogP contribution in [0.1, 0.15) is 23.2 Å². The van der Waals surface area contributed by atoms with Gasteiger partial charge in [-0.05, 0) is 63.3 Å². The average Bonchev–Trinajstić information content (AvgIpc) is 3.28. The summed E-state index contributed by atoms with van der Waals surface area (Å²) in [5, 5.41) is 12.3. The van der Waals surface area contributed by atoms with Crippen molar-refractivity contribution in [3.05, 3.63) is 60.7 Å². The van der Waals surface area contributed by atoms with Crippen LogP contribution in [0.2, 0.25) is 0 Å². The number of pyridine rings is 1. The number of rotatable bonds is 4.